The number of nitrogens with one attached hydrogen (secondary N) is 1. The van der Waals surface area contributed by atoms with E-state index in [1.165, 1.54) is 32.3 Å². The Morgan fingerprint density at radius 1 is 1.04 bits per heavy atom. The van der Waals surface area contributed by atoms with Crippen molar-refractivity contribution < 1.29 is 13.2 Å². The molecule has 8 heteroatoms. The number of hydrogen-bond donors (Lipinski definition) is 1. The highest BCUT2D eigenvalue weighted by molar-refractivity contribution is 7.89. The largest absolute Gasteiger partial charge is 0.321 e. The molecule has 2 aromatic carbocycles. The molecule has 0 saturated heterocycles. The zero-order valence-corrected chi connectivity index (χ0v) is 15.6. The van der Waals surface area contributed by atoms with Crippen LogP contribution < -0.4 is 5.32 Å². The van der Waals surface area contributed by atoms with Gasteiger partial charge in [0.05, 0.1) is 26.2 Å². The Balaban J connectivity index is 2.39. The average molecular weight is 387 g/mol. The minimum Gasteiger partial charge on any atom is -0.321 e. The first-order chi connectivity index (χ1) is 11.1. The molecule has 0 aliphatic heterocycles. The molecule has 0 fully saturated rings. The molecule has 0 unspecified atom stereocenters. The zero-order valence-electron chi connectivity index (χ0n) is 13.3. The molecule has 0 aromatic heterocycles. The van der Waals surface area contributed by atoms with Crippen LogP contribution in [-0.4, -0.2) is 32.7 Å². The van der Waals surface area contributed by atoms with Crippen LogP contribution in [0.3, 0.4) is 0 Å². The molecule has 0 radical (unpaired) electrons. The molecule has 0 atom stereocenters. The number of carbonyl (C=O) groups is 1. The molecule has 1 amide bonds. The van der Waals surface area contributed by atoms with E-state index in [9.17, 15) is 13.2 Å². The highest BCUT2D eigenvalue weighted by atomic mass is 35.5. The maximum Gasteiger partial charge on any atom is 0.257 e. The van der Waals surface area contributed by atoms with Crippen LogP contribution in [0.15, 0.2) is 41.3 Å². The fourth-order valence-electron chi connectivity index (χ4n) is 1.96. The highest BCUT2D eigenvalue weighted by Crippen LogP contribution is 2.26. The Bertz CT molecular complexity index is 896. The van der Waals surface area contributed by atoms with Crippen LogP contribution in [0.4, 0.5) is 5.69 Å². The molecular formula is C16H16Cl2N2O3S. The summed E-state index contributed by atoms with van der Waals surface area (Å²) < 4.78 is 25.5. The van der Waals surface area contributed by atoms with Gasteiger partial charge in [-0.25, -0.2) is 12.7 Å². The van der Waals surface area contributed by atoms with Crippen molar-refractivity contribution in [1.29, 1.82) is 0 Å². The van der Waals surface area contributed by atoms with Gasteiger partial charge in [0.2, 0.25) is 10.0 Å². The molecule has 2 rings (SSSR count). The first-order valence-corrected chi connectivity index (χ1v) is 9.12. The third kappa shape index (κ3) is 3.89. The van der Waals surface area contributed by atoms with Gasteiger partial charge in [0.1, 0.15) is 0 Å². The summed E-state index contributed by atoms with van der Waals surface area (Å²) in [6, 6.07) is 9.16. The van der Waals surface area contributed by atoms with Crippen LogP contribution in [0, 0.1) is 6.92 Å². The molecule has 0 spiro atoms. The van der Waals surface area contributed by atoms with Crippen molar-refractivity contribution in [3.8, 4) is 0 Å². The molecular weight excluding hydrogens is 371 g/mol. The summed E-state index contributed by atoms with van der Waals surface area (Å²) in [7, 11) is -0.843. The molecule has 5 nitrogen and oxygen atoms in total. The first kappa shape index (κ1) is 18.7. The second-order valence-electron chi connectivity index (χ2n) is 5.37. The second-order valence-corrected chi connectivity index (χ2v) is 8.33. The van der Waals surface area contributed by atoms with E-state index in [-0.39, 0.29) is 15.5 Å². The minimum atomic E-state index is -3.67. The molecule has 128 valence electrons. The predicted molar refractivity (Wildman–Crippen MR) is 96.5 cm³/mol. The standard InChI is InChI=1S/C16H16Cl2N2O3S/c1-10-4-7-15(14(18)8-10)19-16(21)12-9-11(5-6-13(12)17)24(22,23)20(2)3/h4-9H,1-3H3,(H,19,21). The summed E-state index contributed by atoms with van der Waals surface area (Å²) in [6.07, 6.45) is 0. The molecule has 0 heterocycles. The Morgan fingerprint density at radius 3 is 2.29 bits per heavy atom. The number of anilines is 1. The van der Waals surface area contributed by atoms with E-state index < -0.39 is 15.9 Å². The lowest BCUT2D eigenvalue weighted by Gasteiger charge is -2.13. The number of carbonyl (C=O) groups excluding carboxylic acids is 1. The zero-order chi connectivity index (χ0) is 18.1. The monoisotopic (exact) mass is 386 g/mol. The fraction of sp³-hybridized carbons (Fsp3) is 0.188. The number of hydrogen-bond acceptors (Lipinski definition) is 3. The van der Waals surface area contributed by atoms with Gasteiger partial charge in [-0.2, -0.15) is 0 Å². The fourth-order valence-corrected chi connectivity index (χ4v) is 3.37. The number of benzene rings is 2. The summed E-state index contributed by atoms with van der Waals surface area (Å²) in [5, 5.41) is 3.17. The quantitative estimate of drug-likeness (QED) is 0.868. The maximum atomic E-state index is 12.5. The Labute approximate surface area is 151 Å². The van der Waals surface area contributed by atoms with Gasteiger partial charge in [0, 0.05) is 14.1 Å². The number of aryl methyl sites for hydroxylation is 1. The summed E-state index contributed by atoms with van der Waals surface area (Å²) in [4.78, 5) is 12.4. The van der Waals surface area contributed by atoms with Crippen LogP contribution in [-0.2, 0) is 10.0 Å². The average Bonchev–Trinajstić information content (AvgIpc) is 2.50. The Morgan fingerprint density at radius 2 is 1.71 bits per heavy atom. The summed E-state index contributed by atoms with van der Waals surface area (Å²) in [5.74, 6) is -0.540. The van der Waals surface area contributed by atoms with Gasteiger partial charge in [0.25, 0.3) is 5.91 Å². The molecule has 0 saturated carbocycles. The number of nitrogens with zero attached hydrogens (tertiary/aromatic N) is 1. The Hall–Kier alpha value is -1.60. The van der Waals surface area contributed by atoms with Crippen LogP contribution in [0.2, 0.25) is 10.0 Å². The van der Waals surface area contributed by atoms with Crippen molar-refractivity contribution >= 4 is 44.8 Å². The third-order valence-corrected chi connectivity index (χ3v) is 5.79. The van der Waals surface area contributed by atoms with Gasteiger partial charge in [0.15, 0.2) is 0 Å². The van der Waals surface area contributed by atoms with Gasteiger partial charge in [-0.05, 0) is 42.8 Å². The molecule has 2 aromatic rings. The van der Waals surface area contributed by atoms with Gasteiger partial charge >= 0.3 is 0 Å². The summed E-state index contributed by atoms with van der Waals surface area (Å²) >= 11 is 12.1. The lowest BCUT2D eigenvalue weighted by molar-refractivity contribution is 0.102. The van der Waals surface area contributed by atoms with E-state index in [4.69, 9.17) is 23.2 Å². The van der Waals surface area contributed by atoms with Crippen LogP contribution >= 0.6 is 23.2 Å². The van der Waals surface area contributed by atoms with E-state index in [1.807, 2.05) is 6.92 Å². The van der Waals surface area contributed by atoms with E-state index in [2.05, 4.69) is 5.32 Å². The van der Waals surface area contributed by atoms with Crippen molar-refractivity contribution in [2.75, 3.05) is 19.4 Å². The molecule has 0 bridgehead atoms. The first-order valence-electron chi connectivity index (χ1n) is 6.92. The minimum absolute atomic E-state index is 0.0166. The summed E-state index contributed by atoms with van der Waals surface area (Å²) in [5.41, 5.74) is 1.43. The third-order valence-electron chi connectivity index (χ3n) is 3.33. The molecule has 1 N–H and O–H groups in total. The van der Waals surface area contributed by atoms with Crippen LogP contribution in [0.25, 0.3) is 0 Å². The van der Waals surface area contributed by atoms with Gasteiger partial charge in [-0.15, -0.1) is 0 Å². The Kier molecular flexibility index (Phi) is 5.55. The van der Waals surface area contributed by atoms with Crippen LogP contribution in [0.1, 0.15) is 15.9 Å². The van der Waals surface area contributed by atoms with Crippen molar-refractivity contribution in [3.63, 3.8) is 0 Å². The lowest BCUT2D eigenvalue weighted by atomic mass is 10.2. The maximum absolute atomic E-state index is 12.5. The topological polar surface area (TPSA) is 66.5 Å². The van der Waals surface area contributed by atoms with Crippen LogP contribution in [0.5, 0.6) is 0 Å². The predicted octanol–water partition coefficient (Wildman–Crippen LogP) is 3.80. The number of halogens is 2. The second kappa shape index (κ2) is 7.11. The van der Waals surface area contributed by atoms with E-state index >= 15 is 0 Å². The number of amides is 1. The van der Waals surface area contributed by atoms with E-state index in [0.717, 1.165) is 9.87 Å². The van der Waals surface area contributed by atoms with Crippen molar-refractivity contribution in [2.24, 2.45) is 0 Å². The smallest absolute Gasteiger partial charge is 0.257 e. The normalized spacial score (nSPS) is 11.6. The van der Waals surface area contributed by atoms with Crippen molar-refractivity contribution in [2.45, 2.75) is 11.8 Å². The molecule has 24 heavy (non-hydrogen) atoms. The van der Waals surface area contributed by atoms with E-state index in [0.29, 0.717) is 10.7 Å². The lowest BCUT2D eigenvalue weighted by Crippen LogP contribution is -2.23. The number of rotatable bonds is 4. The number of sulfonamides is 1. The van der Waals surface area contributed by atoms with Crippen molar-refractivity contribution in [1.82, 2.24) is 4.31 Å². The molecule has 0 aliphatic rings. The van der Waals surface area contributed by atoms with Gasteiger partial charge in [-0.1, -0.05) is 29.3 Å². The molecule has 0 aliphatic carbocycles. The SMILES string of the molecule is Cc1ccc(NC(=O)c2cc(S(=O)(=O)N(C)C)ccc2Cl)c(Cl)c1. The van der Waals surface area contributed by atoms with E-state index in [1.54, 1.807) is 18.2 Å². The van der Waals surface area contributed by atoms with Crippen molar-refractivity contribution in [3.05, 3.63) is 57.6 Å². The highest BCUT2D eigenvalue weighted by Gasteiger charge is 2.21. The van der Waals surface area contributed by atoms with Gasteiger partial charge in [-0.3, -0.25) is 4.79 Å². The summed E-state index contributed by atoms with van der Waals surface area (Å²) in [6.45, 7) is 1.88. The van der Waals surface area contributed by atoms with Gasteiger partial charge < -0.3 is 5.32 Å².